The SMILES string of the molecule is CCNc1ncnc(Cc2nccn2C)c1C(C)C. The maximum Gasteiger partial charge on any atom is 0.133 e. The first kappa shape index (κ1) is 13.5. The molecule has 0 unspecified atom stereocenters. The molecule has 5 nitrogen and oxygen atoms in total. The minimum Gasteiger partial charge on any atom is -0.370 e. The lowest BCUT2D eigenvalue weighted by atomic mass is 10.00. The first-order chi connectivity index (χ1) is 9.13. The first-order valence-electron chi connectivity index (χ1n) is 6.67. The predicted octanol–water partition coefficient (Wildman–Crippen LogP) is 2.36. The van der Waals surface area contributed by atoms with Gasteiger partial charge in [-0.05, 0) is 12.8 Å². The molecular weight excluding hydrogens is 238 g/mol. The number of anilines is 1. The highest BCUT2D eigenvalue weighted by Crippen LogP contribution is 2.26. The zero-order valence-corrected chi connectivity index (χ0v) is 12.0. The van der Waals surface area contributed by atoms with Crippen molar-refractivity contribution in [2.45, 2.75) is 33.1 Å². The Labute approximate surface area is 114 Å². The van der Waals surface area contributed by atoms with Crippen LogP contribution in [0.15, 0.2) is 18.7 Å². The van der Waals surface area contributed by atoms with Crippen LogP contribution in [0.1, 0.15) is 43.8 Å². The van der Waals surface area contributed by atoms with Crippen LogP contribution in [-0.2, 0) is 13.5 Å². The van der Waals surface area contributed by atoms with Gasteiger partial charge in [0.2, 0.25) is 0 Å². The molecule has 2 aromatic rings. The van der Waals surface area contributed by atoms with E-state index in [-0.39, 0.29) is 0 Å². The number of nitrogens with zero attached hydrogens (tertiary/aromatic N) is 4. The standard InChI is InChI=1S/C14H21N5/c1-5-15-14-13(10(2)3)11(17-9-18-14)8-12-16-6-7-19(12)4/h6-7,9-10H,5,8H2,1-4H3,(H,15,17,18). The molecule has 1 N–H and O–H groups in total. The van der Waals surface area contributed by atoms with Crippen LogP contribution in [0, 0.1) is 0 Å². The van der Waals surface area contributed by atoms with Crippen LogP contribution in [0.3, 0.4) is 0 Å². The van der Waals surface area contributed by atoms with Gasteiger partial charge in [-0.2, -0.15) is 0 Å². The lowest BCUT2D eigenvalue weighted by molar-refractivity contribution is 0.774. The molecule has 0 amide bonds. The summed E-state index contributed by atoms with van der Waals surface area (Å²) < 4.78 is 2.03. The summed E-state index contributed by atoms with van der Waals surface area (Å²) in [6, 6.07) is 0. The van der Waals surface area contributed by atoms with Gasteiger partial charge in [0.05, 0.1) is 5.69 Å². The van der Waals surface area contributed by atoms with E-state index in [4.69, 9.17) is 0 Å². The Hall–Kier alpha value is -1.91. The Balaban J connectivity index is 2.39. The van der Waals surface area contributed by atoms with Gasteiger partial charge >= 0.3 is 0 Å². The fourth-order valence-corrected chi connectivity index (χ4v) is 2.20. The van der Waals surface area contributed by atoms with E-state index in [2.05, 4.69) is 41.0 Å². The first-order valence-corrected chi connectivity index (χ1v) is 6.67. The summed E-state index contributed by atoms with van der Waals surface area (Å²) >= 11 is 0. The summed E-state index contributed by atoms with van der Waals surface area (Å²) in [4.78, 5) is 13.2. The molecule has 0 atom stereocenters. The second-order valence-electron chi connectivity index (χ2n) is 4.90. The van der Waals surface area contributed by atoms with Crippen molar-refractivity contribution in [1.82, 2.24) is 19.5 Å². The number of hydrogen-bond donors (Lipinski definition) is 1. The van der Waals surface area contributed by atoms with Gasteiger partial charge in [0.15, 0.2) is 0 Å². The zero-order valence-electron chi connectivity index (χ0n) is 12.0. The average Bonchev–Trinajstić information content (AvgIpc) is 2.75. The largest absolute Gasteiger partial charge is 0.370 e. The lowest BCUT2D eigenvalue weighted by Crippen LogP contribution is -2.11. The fourth-order valence-electron chi connectivity index (χ4n) is 2.20. The minimum absolute atomic E-state index is 0.380. The van der Waals surface area contributed by atoms with Gasteiger partial charge in [-0.3, -0.25) is 0 Å². The van der Waals surface area contributed by atoms with Crippen LogP contribution in [0.2, 0.25) is 0 Å². The molecule has 0 fully saturated rings. The molecule has 0 bridgehead atoms. The summed E-state index contributed by atoms with van der Waals surface area (Å²) in [6.07, 6.45) is 6.13. The molecular formula is C14H21N5. The van der Waals surface area contributed by atoms with Crippen LogP contribution in [0.25, 0.3) is 0 Å². The van der Waals surface area contributed by atoms with Crippen molar-refractivity contribution < 1.29 is 0 Å². The molecule has 0 saturated heterocycles. The third-order valence-corrected chi connectivity index (χ3v) is 3.13. The van der Waals surface area contributed by atoms with E-state index >= 15 is 0 Å². The lowest BCUT2D eigenvalue weighted by Gasteiger charge is -2.16. The van der Waals surface area contributed by atoms with Gasteiger partial charge in [-0.25, -0.2) is 15.0 Å². The predicted molar refractivity (Wildman–Crippen MR) is 76.3 cm³/mol. The second kappa shape index (κ2) is 5.82. The van der Waals surface area contributed by atoms with E-state index in [0.29, 0.717) is 5.92 Å². The molecule has 5 heteroatoms. The summed E-state index contributed by atoms with van der Waals surface area (Å²) in [5, 5.41) is 3.31. The number of rotatable bonds is 5. The quantitative estimate of drug-likeness (QED) is 0.895. The highest BCUT2D eigenvalue weighted by Gasteiger charge is 2.16. The zero-order chi connectivity index (χ0) is 13.8. The molecule has 0 radical (unpaired) electrons. The van der Waals surface area contributed by atoms with E-state index < -0.39 is 0 Å². The van der Waals surface area contributed by atoms with Crippen molar-refractivity contribution in [3.63, 3.8) is 0 Å². The van der Waals surface area contributed by atoms with Crippen LogP contribution in [0.4, 0.5) is 5.82 Å². The third kappa shape index (κ3) is 2.92. The fraction of sp³-hybridized carbons (Fsp3) is 0.500. The molecule has 2 aromatic heterocycles. The number of aryl methyl sites for hydroxylation is 1. The molecule has 0 spiro atoms. The highest BCUT2D eigenvalue weighted by molar-refractivity contribution is 5.48. The van der Waals surface area contributed by atoms with Crippen molar-refractivity contribution in [2.24, 2.45) is 7.05 Å². The Kier molecular flexibility index (Phi) is 4.14. The molecule has 2 heterocycles. The molecule has 19 heavy (non-hydrogen) atoms. The van der Waals surface area contributed by atoms with E-state index in [1.54, 1.807) is 6.33 Å². The summed E-state index contributed by atoms with van der Waals surface area (Å²) in [5.74, 6) is 2.34. The Morgan fingerprint density at radius 3 is 2.63 bits per heavy atom. The van der Waals surface area contributed by atoms with Crippen LogP contribution in [-0.4, -0.2) is 26.1 Å². The summed E-state index contributed by atoms with van der Waals surface area (Å²) in [5.41, 5.74) is 2.24. The van der Waals surface area contributed by atoms with Crippen LogP contribution >= 0.6 is 0 Å². The van der Waals surface area contributed by atoms with E-state index in [1.165, 1.54) is 5.56 Å². The Morgan fingerprint density at radius 2 is 2.05 bits per heavy atom. The Bertz CT molecular complexity index is 545. The average molecular weight is 259 g/mol. The number of hydrogen-bond acceptors (Lipinski definition) is 4. The molecule has 0 aliphatic heterocycles. The highest BCUT2D eigenvalue weighted by atomic mass is 15.0. The van der Waals surface area contributed by atoms with Gasteiger partial charge in [0.1, 0.15) is 18.0 Å². The van der Waals surface area contributed by atoms with E-state index in [9.17, 15) is 0 Å². The normalized spacial score (nSPS) is 11.0. The molecule has 0 saturated carbocycles. The van der Waals surface area contributed by atoms with Crippen molar-refractivity contribution in [3.05, 3.63) is 35.8 Å². The van der Waals surface area contributed by atoms with Gasteiger partial charge in [-0.1, -0.05) is 13.8 Å². The number of imidazole rings is 1. The molecule has 102 valence electrons. The van der Waals surface area contributed by atoms with Crippen molar-refractivity contribution in [3.8, 4) is 0 Å². The molecule has 0 aliphatic carbocycles. The summed E-state index contributed by atoms with van der Waals surface area (Å²) in [7, 11) is 2.00. The van der Waals surface area contributed by atoms with Crippen molar-refractivity contribution in [1.29, 1.82) is 0 Å². The third-order valence-electron chi connectivity index (χ3n) is 3.13. The molecule has 0 aromatic carbocycles. The van der Waals surface area contributed by atoms with E-state index in [1.807, 2.05) is 24.0 Å². The van der Waals surface area contributed by atoms with Crippen LogP contribution in [0.5, 0.6) is 0 Å². The second-order valence-corrected chi connectivity index (χ2v) is 4.90. The number of nitrogens with one attached hydrogen (secondary N) is 1. The van der Waals surface area contributed by atoms with Gasteiger partial charge in [0, 0.05) is 38.0 Å². The Morgan fingerprint density at radius 1 is 1.26 bits per heavy atom. The van der Waals surface area contributed by atoms with Gasteiger partial charge in [0.25, 0.3) is 0 Å². The van der Waals surface area contributed by atoms with Gasteiger partial charge in [-0.15, -0.1) is 0 Å². The molecule has 2 rings (SSSR count). The van der Waals surface area contributed by atoms with E-state index in [0.717, 1.165) is 30.3 Å². The number of aromatic nitrogens is 4. The smallest absolute Gasteiger partial charge is 0.133 e. The topological polar surface area (TPSA) is 55.6 Å². The van der Waals surface area contributed by atoms with Gasteiger partial charge < -0.3 is 9.88 Å². The van der Waals surface area contributed by atoms with Crippen molar-refractivity contribution >= 4 is 5.82 Å². The maximum atomic E-state index is 4.45. The maximum absolute atomic E-state index is 4.45. The minimum atomic E-state index is 0.380. The molecule has 0 aliphatic rings. The summed E-state index contributed by atoms with van der Waals surface area (Å²) in [6.45, 7) is 7.27. The van der Waals surface area contributed by atoms with Crippen molar-refractivity contribution in [2.75, 3.05) is 11.9 Å². The monoisotopic (exact) mass is 259 g/mol. The van der Waals surface area contributed by atoms with Crippen LogP contribution < -0.4 is 5.32 Å².